The smallest absolute Gasteiger partial charge is 0.0512 e. The zero-order chi connectivity index (χ0) is 16.3. The normalized spacial score (nSPS) is 13.0. The van der Waals surface area contributed by atoms with Crippen molar-refractivity contribution >= 4 is 0 Å². The Morgan fingerprint density at radius 2 is 1.05 bits per heavy atom. The van der Waals surface area contributed by atoms with Crippen molar-refractivity contribution in [2.45, 2.75) is 123 Å². The molecule has 0 saturated heterocycles. The Morgan fingerprint density at radius 1 is 0.636 bits per heavy atom. The second kappa shape index (κ2) is 18.7. The van der Waals surface area contributed by atoms with E-state index < -0.39 is 0 Å². The van der Waals surface area contributed by atoms with Crippen LogP contribution in [0.25, 0.3) is 0 Å². The van der Waals surface area contributed by atoms with Crippen molar-refractivity contribution in [1.29, 1.82) is 0 Å². The second-order valence-electron chi connectivity index (χ2n) is 6.93. The van der Waals surface area contributed by atoms with E-state index in [1.807, 2.05) is 6.92 Å². The van der Waals surface area contributed by atoms with Crippen molar-refractivity contribution in [2.75, 3.05) is 0 Å². The minimum absolute atomic E-state index is 0.108. The Morgan fingerprint density at radius 3 is 1.50 bits per heavy atom. The van der Waals surface area contributed by atoms with E-state index in [1.165, 1.54) is 96.3 Å². The van der Waals surface area contributed by atoms with Gasteiger partial charge in [0.2, 0.25) is 0 Å². The Hall–Kier alpha value is -0.300. The van der Waals surface area contributed by atoms with Crippen LogP contribution in [0.2, 0.25) is 0 Å². The molecule has 0 aromatic carbocycles. The Bertz CT molecular complexity index is 220. The molecule has 0 amide bonds. The highest BCUT2D eigenvalue weighted by Gasteiger charge is 1.95. The van der Waals surface area contributed by atoms with Crippen molar-refractivity contribution in [3.63, 3.8) is 0 Å². The molecule has 1 nitrogen and oxygen atoms in total. The summed E-state index contributed by atoms with van der Waals surface area (Å²) < 4.78 is 0. The highest BCUT2D eigenvalue weighted by atomic mass is 16.3. The summed E-state index contributed by atoms with van der Waals surface area (Å²) in [5, 5.41) is 9.17. The van der Waals surface area contributed by atoms with Gasteiger partial charge in [-0.1, -0.05) is 89.7 Å². The molecule has 0 spiro atoms. The summed E-state index contributed by atoms with van der Waals surface area (Å²) in [5.74, 6) is 0. The topological polar surface area (TPSA) is 20.2 Å². The van der Waals surface area contributed by atoms with E-state index in [0.29, 0.717) is 0 Å². The fraction of sp³-hybridized carbons (Fsp3) is 0.905. The molecule has 0 aliphatic rings. The maximum atomic E-state index is 9.17. The Kier molecular flexibility index (Phi) is 18.5. The first-order valence-corrected chi connectivity index (χ1v) is 10.1. The number of hydrogen-bond acceptors (Lipinski definition) is 1. The van der Waals surface area contributed by atoms with E-state index in [9.17, 15) is 5.11 Å². The largest absolute Gasteiger partial charge is 0.393 e. The van der Waals surface area contributed by atoms with E-state index in [4.69, 9.17) is 0 Å². The summed E-state index contributed by atoms with van der Waals surface area (Å²) in [6.45, 7) is 4.17. The number of allylic oxidation sites excluding steroid dienone is 2. The number of aliphatic hydroxyl groups is 1. The van der Waals surface area contributed by atoms with Crippen LogP contribution in [-0.4, -0.2) is 11.2 Å². The second-order valence-corrected chi connectivity index (χ2v) is 6.93. The standard InChI is InChI=1S/C21H42O/c1-3-4-5-6-7-8-9-10-11-12-13-14-15-16-17-18-19-20-21(2)22/h10-11,21-22H,3-9,12-20H2,1-2H3/b11-10+. The fourth-order valence-corrected chi connectivity index (χ4v) is 2.86. The minimum atomic E-state index is -0.108. The van der Waals surface area contributed by atoms with Crippen LogP contribution in [0.3, 0.4) is 0 Å². The summed E-state index contributed by atoms with van der Waals surface area (Å²) >= 11 is 0. The van der Waals surface area contributed by atoms with Gasteiger partial charge >= 0.3 is 0 Å². The number of unbranched alkanes of at least 4 members (excludes halogenated alkanes) is 13. The molecular formula is C21H42O. The van der Waals surface area contributed by atoms with Gasteiger partial charge < -0.3 is 5.11 Å². The van der Waals surface area contributed by atoms with Crippen LogP contribution in [0.1, 0.15) is 117 Å². The molecule has 0 bridgehead atoms. The van der Waals surface area contributed by atoms with Gasteiger partial charge in [0.25, 0.3) is 0 Å². The van der Waals surface area contributed by atoms with Crippen LogP contribution >= 0.6 is 0 Å². The average molecular weight is 311 g/mol. The SMILES string of the molecule is CCCCCCCC/C=C/CCCCCCCCCC(C)O. The maximum Gasteiger partial charge on any atom is 0.0512 e. The van der Waals surface area contributed by atoms with E-state index in [1.54, 1.807) is 0 Å². The minimum Gasteiger partial charge on any atom is -0.393 e. The van der Waals surface area contributed by atoms with Crippen LogP contribution in [0.15, 0.2) is 12.2 Å². The molecule has 1 N–H and O–H groups in total. The summed E-state index contributed by atoms with van der Waals surface area (Å²) in [6.07, 6.45) is 26.0. The zero-order valence-electron chi connectivity index (χ0n) is 15.5. The summed E-state index contributed by atoms with van der Waals surface area (Å²) in [6, 6.07) is 0. The van der Waals surface area contributed by atoms with Gasteiger partial charge in [-0.25, -0.2) is 0 Å². The predicted octanol–water partition coefficient (Wildman–Crippen LogP) is 7.18. The summed E-state index contributed by atoms with van der Waals surface area (Å²) in [4.78, 5) is 0. The van der Waals surface area contributed by atoms with Crippen LogP contribution in [0.4, 0.5) is 0 Å². The molecule has 132 valence electrons. The summed E-state index contributed by atoms with van der Waals surface area (Å²) in [7, 11) is 0. The molecule has 0 aliphatic carbocycles. The highest BCUT2D eigenvalue weighted by Crippen LogP contribution is 2.11. The number of aliphatic hydroxyl groups excluding tert-OH is 1. The molecule has 0 fully saturated rings. The first-order chi connectivity index (χ1) is 10.8. The van der Waals surface area contributed by atoms with E-state index in [0.717, 1.165) is 6.42 Å². The highest BCUT2D eigenvalue weighted by molar-refractivity contribution is 4.81. The predicted molar refractivity (Wildman–Crippen MR) is 100 cm³/mol. The Balaban J connectivity index is 3.05. The van der Waals surface area contributed by atoms with Gasteiger partial charge in [0.05, 0.1) is 6.10 Å². The molecule has 22 heavy (non-hydrogen) atoms. The van der Waals surface area contributed by atoms with Gasteiger partial charge in [-0.2, -0.15) is 0 Å². The molecule has 1 unspecified atom stereocenters. The van der Waals surface area contributed by atoms with Crippen LogP contribution < -0.4 is 0 Å². The lowest BCUT2D eigenvalue weighted by Gasteiger charge is -2.03. The van der Waals surface area contributed by atoms with E-state index >= 15 is 0 Å². The quantitative estimate of drug-likeness (QED) is 0.223. The van der Waals surface area contributed by atoms with E-state index in [-0.39, 0.29) is 6.10 Å². The summed E-state index contributed by atoms with van der Waals surface area (Å²) in [5.41, 5.74) is 0. The molecule has 0 heterocycles. The lowest BCUT2D eigenvalue weighted by Crippen LogP contribution is -1.98. The van der Waals surface area contributed by atoms with Gasteiger partial charge in [0.15, 0.2) is 0 Å². The Labute approximate surface area is 140 Å². The molecule has 1 heteroatoms. The number of hydrogen-bond donors (Lipinski definition) is 1. The van der Waals surface area contributed by atoms with E-state index in [2.05, 4.69) is 19.1 Å². The molecule has 0 aliphatic heterocycles. The lowest BCUT2D eigenvalue weighted by atomic mass is 10.1. The average Bonchev–Trinajstić information content (AvgIpc) is 2.50. The van der Waals surface area contributed by atoms with Gasteiger partial charge in [0.1, 0.15) is 0 Å². The van der Waals surface area contributed by atoms with Crippen molar-refractivity contribution < 1.29 is 5.11 Å². The van der Waals surface area contributed by atoms with Crippen molar-refractivity contribution in [2.24, 2.45) is 0 Å². The first-order valence-electron chi connectivity index (χ1n) is 10.1. The molecule has 1 atom stereocenters. The van der Waals surface area contributed by atoms with Gasteiger partial charge in [0, 0.05) is 0 Å². The van der Waals surface area contributed by atoms with Crippen LogP contribution in [0.5, 0.6) is 0 Å². The van der Waals surface area contributed by atoms with Gasteiger partial charge in [-0.05, 0) is 39.0 Å². The monoisotopic (exact) mass is 310 g/mol. The van der Waals surface area contributed by atoms with Crippen molar-refractivity contribution in [3.05, 3.63) is 12.2 Å². The molecule has 0 aromatic heterocycles. The maximum absolute atomic E-state index is 9.17. The first kappa shape index (κ1) is 21.7. The third-order valence-corrected chi connectivity index (χ3v) is 4.38. The van der Waals surface area contributed by atoms with Crippen LogP contribution in [0, 0.1) is 0 Å². The molecule has 0 radical (unpaired) electrons. The molecule has 0 saturated carbocycles. The third kappa shape index (κ3) is 19.7. The molecular weight excluding hydrogens is 268 g/mol. The third-order valence-electron chi connectivity index (χ3n) is 4.38. The van der Waals surface area contributed by atoms with Crippen LogP contribution in [-0.2, 0) is 0 Å². The zero-order valence-corrected chi connectivity index (χ0v) is 15.5. The van der Waals surface area contributed by atoms with Crippen molar-refractivity contribution in [3.8, 4) is 0 Å². The fourth-order valence-electron chi connectivity index (χ4n) is 2.86. The van der Waals surface area contributed by atoms with Gasteiger partial charge in [-0.15, -0.1) is 0 Å². The molecule has 0 rings (SSSR count). The molecule has 0 aromatic rings. The van der Waals surface area contributed by atoms with Gasteiger partial charge in [-0.3, -0.25) is 0 Å². The lowest BCUT2D eigenvalue weighted by molar-refractivity contribution is 0.180. The van der Waals surface area contributed by atoms with Crippen molar-refractivity contribution in [1.82, 2.24) is 0 Å². The number of rotatable bonds is 17.